The van der Waals surface area contributed by atoms with Crippen LogP contribution in [0.2, 0.25) is 0 Å². The van der Waals surface area contributed by atoms with E-state index < -0.39 is 11.9 Å². The Morgan fingerprint density at radius 3 is 2.40 bits per heavy atom. The van der Waals surface area contributed by atoms with Crippen molar-refractivity contribution in [2.24, 2.45) is 0 Å². The number of benzene rings is 2. The van der Waals surface area contributed by atoms with E-state index in [-0.39, 0.29) is 19.8 Å². The number of hydrogen-bond donors (Lipinski definition) is 1. The van der Waals surface area contributed by atoms with Gasteiger partial charge in [0, 0.05) is 4.47 Å². The number of nitrogens with one attached hydrogen (secondary N) is 1. The lowest BCUT2D eigenvalue weighted by molar-refractivity contribution is -0.124. The van der Waals surface area contributed by atoms with Crippen LogP contribution in [0.25, 0.3) is 0 Å². The number of hydrogen-bond acceptors (Lipinski definition) is 5. The highest BCUT2D eigenvalue weighted by atomic mass is 79.9. The van der Waals surface area contributed by atoms with Crippen molar-refractivity contribution in [3.05, 3.63) is 58.6 Å². The third-order valence-corrected chi connectivity index (χ3v) is 3.69. The van der Waals surface area contributed by atoms with E-state index in [1.54, 1.807) is 43.5 Å². The molecule has 25 heavy (non-hydrogen) atoms. The van der Waals surface area contributed by atoms with Gasteiger partial charge >= 0.3 is 5.97 Å². The zero-order valence-corrected chi connectivity index (χ0v) is 15.2. The Balaban J connectivity index is 1.67. The summed E-state index contributed by atoms with van der Waals surface area (Å²) >= 11 is 3.28. The molecule has 2 aromatic carbocycles. The maximum atomic E-state index is 11.8. The summed E-state index contributed by atoms with van der Waals surface area (Å²) in [7, 11) is 1.56. The maximum absolute atomic E-state index is 11.8. The summed E-state index contributed by atoms with van der Waals surface area (Å²) in [6.45, 7) is 0.211. The first-order valence-corrected chi connectivity index (χ1v) is 8.34. The van der Waals surface area contributed by atoms with E-state index in [4.69, 9.17) is 14.2 Å². The Bertz CT molecular complexity index is 718. The predicted molar refractivity (Wildman–Crippen MR) is 95.9 cm³/mol. The van der Waals surface area contributed by atoms with E-state index in [2.05, 4.69) is 21.2 Å². The average Bonchev–Trinajstić information content (AvgIpc) is 2.64. The van der Waals surface area contributed by atoms with Gasteiger partial charge in [-0.15, -0.1) is 0 Å². The monoisotopic (exact) mass is 407 g/mol. The zero-order valence-electron chi connectivity index (χ0n) is 13.7. The van der Waals surface area contributed by atoms with E-state index in [9.17, 15) is 9.59 Å². The first kappa shape index (κ1) is 18.8. The van der Waals surface area contributed by atoms with Gasteiger partial charge in [0.15, 0.2) is 18.1 Å². The third-order valence-electron chi connectivity index (χ3n) is 3.17. The molecule has 0 fully saturated rings. The lowest BCUT2D eigenvalue weighted by Gasteiger charge is -2.11. The van der Waals surface area contributed by atoms with E-state index in [0.29, 0.717) is 17.1 Å². The van der Waals surface area contributed by atoms with E-state index >= 15 is 0 Å². The third kappa shape index (κ3) is 6.11. The number of para-hydroxylation sites is 2. The van der Waals surface area contributed by atoms with Crippen LogP contribution in [0, 0.1) is 0 Å². The van der Waals surface area contributed by atoms with Gasteiger partial charge in [-0.1, -0.05) is 28.1 Å². The molecule has 0 bridgehead atoms. The van der Waals surface area contributed by atoms with Gasteiger partial charge in [0.05, 0.1) is 19.2 Å². The minimum Gasteiger partial charge on any atom is -0.493 e. The van der Waals surface area contributed by atoms with Crippen molar-refractivity contribution in [1.82, 2.24) is 5.32 Å². The van der Waals surface area contributed by atoms with Gasteiger partial charge in [-0.3, -0.25) is 4.79 Å². The molecule has 1 N–H and O–H groups in total. The Labute approximate surface area is 154 Å². The molecule has 0 spiro atoms. The fourth-order valence-electron chi connectivity index (χ4n) is 1.94. The molecule has 0 saturated carbocycles. The van der Waals surface area contributed by atoms with Crippen molar-refractivity contribution >= 4 is 27.8 Å². The molecule has 0 unspecified atom stereocenters. The molecule has 2 aromatic rings. The summed E-state index contributed by atoms with van der Waals surface area (Å²) < 4.78 is 16.5. The minimum absolute atomic E-state index is 0.271. The van der Waals surface area contributed by atoms with Crippen molar-refractivity contribution in [2.45, 2.75) is 0 Å². The molecule has 0 aliphatic carbocycles. The van der Waals surface area contributed by atoms with Gasteiger partial charge in [-0.2, -0.15) is 0 Å². The molecule has 0 aliphatic heterocycles. The topological polar surface area (TPSA) is 73.9 Å². The molecule has 7 heteroatoms. The quantitative estimate of drug-likeness (QED) is 0.537. The molecule has 0 heterocycles. The zero-order chi connectivity index (χ0) is 18.1. The van der Waals surface area contributed by atoms with Gasteiger partial charge in [0.1, 0.15) is 6.61 Å². The SMILES string of the molecule is COc1ccccc1OCCNC(=O)COC(=O)c1ccc(Br)cc1. The van der Waals surface area contributed by atoms with Crippen LogP contribution in [0.15, 0.2) is 53.0 Å². The van der Waals surface area contributed by atoms with Crippen molar-refractivity contribution in [1.29, 1.82) is 0 Å². The highest BCUT2D eigenvalue weighted by Crippen LogP contribution is 2.25. The molecular weight excluding hydrogens is 390 g/mol. The number of esters is 1. The Morgan fingerprint density at radius 1 is 1.04 bits per heavy atom. The van der Waals surface area contributed by atoms with Gasteiger partial charge in [0.25, 0.3) is 5.91 Å². The van der Waals surface area contributed by atoms with Crippen LogP contribution in [0.5, 0.6) is 11.5 Å². The molecule has 0 aliphatic rings. The van der Waals surface area contributed by atoms with Crippen LogP contribution in [0.1, 0.15) is 10.4 Å². The number of halogens is 1. The fourth-order valence-corrected chi connectivity index (χ4v) is 2.21. The Hall–Kier alpha value is -2.54. The normalized spacial score (nSPS) is 10.0. The second-order valence-corrected chi connectivity index (χ2v) is 5.85. The number of methoxy groups -OCH3 is 1. The van der Waals surface area contributed by atoms with Crippen molar-refractivity contribution < 1.29 is 23.8 Å². The summed E-state index contributed by atoms with van der Waals surface area (Å²) in [5, 5.41) is 2.62. The van der Waals surface area contributed by atoms with E-state index in [1.807, 2.05) is 12.1 Å². The van der Waals surface area contributed by atoms with Crippen LogP contribution in [0.4, 0.5) is 0 Å². The highest BCUT2D eigenvalue weighted by Gasteiger charge is 2.10. The van der Waals surface area contributed by atoms with Crippen molar-refractivity contribution in [3.8, 4) is 11.5 Å². The molecule has 0 radical (unpaired) electrons. The predicted octanol–water partition coefficient (Wildman–Crippen LogP) is 2.81. The van der Waals surface area contributed by atoms with Crippen LogP contribution < -0.4 is 14.8 Å². The second kappa shape index (κ2) is 9.68. The summed E-state index contributed by atoms with van der Waals surface area (Å²) in [5.41, 5.74) is 0.385. The maximum Gasteiger partial charge on any atom is 0.338 e. The molecule has 0 aromatic heterocycles. The molecule has 0 atom stereocenters. The van der Waals surface area contributed by atoms with Gasteiger partial charge in [-0.05, 0) is 36.4 Å². The second-order valence-electron chi connectivity index (χ2n) is 4.93. The number of rotatable bonds is 8. The van der Waals surface area contributed by atoms with Crippen LogP contribution in [-0.4, -0.2) is 38.7 Å². The smallest absolute Gasteiger partial charge is 0.338 e. The summed E-state index contributed by atoms with van der Waals surface area (Å²) in [6.07, 6.45) is 0. The van der Waals surface area contributed by atoms with Gasteiger partial charge in [0.2, 0.25) is 0 Å². The minimum atomic E-state index is -0.548. The van der Waals surface area contributed by atoms with Crippen molar-refractivity contribution in [2.75, 3.05) is 26.9 Å². The Kier molecular flexibility index (Phi) is 7.28. The average molecular weight is 408 g/mol. The largest absolute Gasteiger partial charge is 0.493 e. The van der Waals surface area contributed by atoms with Gasteiger partial charge in [-0.25, -0.2) is 4.79 Å². The number of carbonyl (C=O) groups excluding carboxylic acids is 2. The van der Waals surface area contributed by atoms with E-state index in [1.165, 1.54) is 0 Å². The molecule has 132 valence electrons. The van der Waals surface area contributed by atoms with E-state index in [0.717, 1.165) is 4.47 Å². The highest BCUT2D eigenvalue weighted by molar-refractivity contribution is 9.10. The van der Waals surface area contributed by atoms with Crippen LogP contribution in [-0.2, 0) is 9.53 Å². The first-order valence-electron chi connectivity index (χ1n) is 7.55. The van der Waals surface area contributed by atoms with Crippen LogP contribution >= 0.6 is 15.9 Å². The Morgan fingerprint density at radius 2 is 1.72 bits per heavy atom. The summed E-state index contributed by atoms with van der Waals surface area (Å²) in [4.78, 5) is 23.5. The number of carbonyl (C=O) groups is 2. The summed E-state index contributed by atoms with van der Waals surface area (Å²) in [5.74, 6) is 0.278. The molecular formula is C18H18BrNO5. The first-order chi connectivity index (χ1) is 12.1. The van der Waals surface area contributed by atoms with Crippen LogP contribution in [0.3, 0.4) is 0 Å². The molecule has 0 saturated heterocycles. The number of ether oxygens (including phenoxy) is 3. The molecule has 6 nitrogen and oxygen atoms in total. The molecule has 1 amide bonds. The van der Waals surface area contributed by atoms with Crippen molar-refractivity contribution in [3.63, 3.8) is 0 Å². The lowest BCUT2D eigenvalue weighted by Crippen LogP contribution is -2.32. The lowest BCUT2D eigenvalue weighted by atomic mass is 10.2. The standard InChI is InChI=1S/C18H18BrNO5/c1-23-15-4-2-3-5-16(15)24-11-10-20-17(21)12-25-18(22)13-6-8-14(19)9-7-13/h2-9H,10-12H2,1H3,(H,20,21). The number of amides is 1. The van der Waals surface area contributed by atoms with Gasteiger partial charge < -0.3 is 19.5 Å². The fraction of sp³-hybridized carbons (Fsp3) is 0.222. The summed E-state index contributed by atoms with van der Waals surface area (Å²) in [6, 6.07) is 13.9. The molecule has 2 rings (SSSR count).